The predicted octanol–water partition coefficient (Wildman–Crippen LogP) is 5.58. The fourth-order valence-electron chi connectivity index (χ4n) is 4.99. The number of benzene rings is 1. The summed E-state index contributed by atoms with van der Waals surface area (Å²) in [6.07, 6.45) is 0.871. The Bertz CT molecular complexity index is 1390. The Morgan fingerprint density at radius 3 is 2.55 bits per heavy atom. The number of nitrogens with one attached hydrogen (secondary N) is 3. The molecule has 1 aromatic carbocycles. The molecule has 1 aliphatic heterocycles. The van der Waals surface area contributed by atoms with Crippen LogP contribution in [-0.4, -0.2) is 47.7 Å². The molecule has 9 nitrogen and oxygen atoms in total. The average Bonchev–Trinajstić information content (AvgIpc) is 3.44. The lowest BCUT2D eigenvalue weighted by molar-refractivity contribution is -0.137. The standard InChI is InChI=1S/C27H33F3N6O3S/c1-4-40(38,39)36-13-7-10-20(16-36)32-26-31-15-21(27(28,29)30)24(35-26)33-22-12-11-17(2)14-23(22)34-25(37)18(3)19-8-5-6-9-19/h4,11-12,14-15,19-20H,1,3,5-10,13,16H2,2H3,(H,34,37)(H2,31,32,33,35)/t20-/m0/s1. The molecule has 1 aromatic heterocycles. The number of nitrogens with zero attached hydrogens (tertiary/aromatic N) is 3. The molecule has 2 fully saturated rings. The minimum atomic E-state index is -4.76. The van der Waals surface area contributed by atoms with Crippen LogP contribution in [0.5, 0.6) is 0 Å². The Balaban J connectivity index is 1.59. The van der Waals surface area contributed by atoms with Gasteiger partial charge in [-0.05, 0) is 56.2 Å². The Morgan fingerprint density at radius 2 is 1.88 bits per heavy atom. The van der Waals surface area contributed by atoms with Gasteiger partial charge in [0.15, 0.2) is 0 Å². The van der Waals surface area contributed by atoms with Gasteiger partial charge in [-0.1, -0.05) is 32.1 Å². The highest BCUT2D eigenvalue weighted by Crippen LogP contribution is 2.37. The molecule has 40 heavy (non-hydrogen) atoms. The fourth-order valence-corrected chi connectivity index (χ4v) is 5.98. The molecule has 3 N–H and O–H groups in total. The van der Waals surface area contributed by atoms with Gasteiger partial charge in [0.1, 0.15) is 11.4 Å². The van der Waals surface area contributed by atoms with Crippen molar-refractivity contribution in [1.29, 1.82) is 0 Å². The summed E-state index contributed by atoms with van der Waals surface area (Å²) in [5.41, 5.74) is 0.669. The number of hydrogen-bond donors (Lipinski definition) is 3. The molecule has 0 bridgehead atoms. The van der Waals surface area contributed by atoms with Crippen molar-refractivity contribution < 1.29 is 26.4 Å². The first-order valence-electron chi connectivity index (χ1n) is 13.1. The summed E-state index contributed by atoms with van der Waals surface area (Å²) in [4.78, 5) is 20.9. The quantitative estimate of drug-likeness (QED) is 0.333. The molecule has 0 spiro atoms. The maximum absolute atomic E-state index is 13.9. The molecule has 0 unspecified atom stereocenters. The van der Waals surface area contributed by atoms with Crippen molar-refractivity contribution in [3.8, 4) is 0 Å². The van der Waals surface area contributed by atoms with Gasteiger partial charge in [0.05, 0.1) is 11.4 Å². The Labute approximate surface area is 232 Å². The van der Waals surface area contributed by atoms with Gasteiger partial charge in [-0.3, -0.25) is 4.79 Å². The van der Waals surface area contributed by atoms with E-state index >= 15 is 0 Å². The van der Waals surface area contributed by atoms with E-state index in [1.807, 2.05) is 0 Å². The van der Waals surface area contributed by atoms with Crippen molar-refractivity contribution >= 4 is 39.1 Å². The van der Waals surface area contributed by atoms with Crippen LogP contribution in [0.15, 0.2) is 48.5 Å². The Morgan fingerprint density at radius 1 is 1.15 bits per heavy atom. The van der Waals surface area contributed by atoms with Crippen LogP contribution >= 0.6 is 0 Å². The van der Waals surface area contributed by atoms with Gasteiger partial charge in [-0.15, -0.1) is 0 Å². The first-order chi connectivity index (χ1) is 18.9. The van der Waals surface area contributed by atoms with Crippen molar-refractivity contribution in [2.45, 2.75) is 57.7 Å². The molecule has 0 radical (unpaired) electrons. The van der Waals surface area contributed by atoms with E-state index in [1.54, 1.807) is 25.1 Å². The number of carbonyl (C=O) groups excluding carboxylic acids is 1. The van der Waals surface area contributed by atoms with Crippen LogP contribution in [0.25, 0.3) is 0 Å². The van der Waals surface area contributed by atoms with Gasteiger partial charge in [0, 0.05) is 36.3 Å². The van der Waals surface area contributed by atoms with E-state index in [0.29, 0.717) is 36.8 Å². The number of piperidine rings is 1. The number of halogens is 3. The zero-order chi connectivity index (χ0) is 29.1. The molecule has 1 saturated heterocycles. The second kappa shape index (κ2) is 12.0. The van der Waals surface area contributed by atoms with Crippen LogP contribution in [0.4, 0.5) is 36.3 Å². The number of amides is 1. The highest BCUT2D eigenvalue weighted by Gasteiger charge is 2.36. The fraction of sp³-hybridized carbons (Fsp3) is 0.444. The maximum Gasteiger partial charge on any atom is 0.421 e. The number of sulfonamides is 1. The second-order valence-corrected chi connectivity index (χ2v) is 12.0. The second-order valence-electron chi connectivity index (χ2n) is 10.1. The summed E-state index contributed by atoms with van der Waals surface area (Å²) >= 11 is 0. The van der Waals surface area contributed by atoms with E-state index in [-0.39, 0.29) is 30.0 Å². The highest BCUT2D eigenvalue weighted by molar-refractivity contribution is 7.92. The van der Waals surface area contributed by atoms with E-state index in [9.17, 15) is 26.4 Å². The summed E-state index contributed by atoms with van der Waals surface area (Å²) in [7, 11) is -3.64. The number of aromatic nitrogens is 2. The molecule has 13 heteroatoms. The van der Waals surface area contributed by atoms with Gasteiger partial charge in [-0.25, -0.2) is 13.4 Å². The molecular formula is C27H33F3N6O3S. The van der Waals surface area contributed by atoms with Gasteiger partial charge in [-0.2, -0.15) is 22.5 Å². The molecule has 2 aromatic rings. The number of anilines is 4. The number of rotatable bonds is 9. The van der Waals surface area contributed by atoms with Crippen LogP contribution in [0.3, 0.4) is 0 Å². The number of hydrogen-bond acceptors (Lipinski definition) is 7. The van der Waals surface area contributed by atoms with Gasteiger partial charge >= 0.3 is 6.18 Å². The van der Waals surface area contributed by atoms with E-state index < -0.39 is 33.6 Å². The van der Waals surface area contributed by atoms with E-state index in [4.69, 9.17) is 0 Å². The molecule has 4 rings (SSSR count). The highest BCUT2D eigenvalue weighted by atomic mass is 32.2. The lowest BCUT2D eigenvalue weighted by atomic mass is 9.98. The zero-order valence-corrected chi connectivity index (χ0v) is 23.0. The first-order valence-corrected chi connectivity index (χ1v) is 14.6. The lowest BCUT2D eigenvalue weighted by Gasteiger charge is -2.31. The van der Waals surface area contributed by atoms with E-state index in [1.165, 1.54) is 4.31 Å². The molecular weight excluding hydrogens is 545 g/mol. The first kappa shape index (κ1) is 29.5. The summed E-state index contributed by atoms with van der Waals surface area (Å²) in [6, 6.07) is 4.52. The smallest absolute Gasteiger partial charge is 0.350 e. The third-order valence-electron chi connectivity index (χ3n) is 7.20. The molecule has 1 saturated carbocycles. The van der Waals surface area contributed by atoms with Crippen molar-refractivity contribution in [1.82, 2.24) is 14.3 Å². The van der Waals surface area contributed by atoms with Crippen LogP contribution in [0, 0.1) is 12.8 Å². The minimum absolute atomic E-state index is 0.0886. The van der Waals surface area contributed by atoms with Gasteiger partial charge in [0.2, 0.25) is 16.0 Å². The topological polar surface area (TPSA) is 116 Å². The summed E-state index contributed by atoms with van der Waals surface area (Å²) < 4.78 is 67.4. The normalized spacial score (nSPS) is 18.8. The van der Waals surface area contributed by atoms with E-state index in [2.05, 4.69) is 39.1 Å². The molecule has 1 amide bonds. The number of carbonyl (C=O) groups is 1. The molecule has 2 heterocycles. The third kappa shape index (κ3) is 7.00. The van der Waals surface area contributed by atoms with Crippen LogP contribution < -0.4 is 16.0 Å². The Kier molecular flexibility index (Phi) is 8.83. The van der Waals surface area contributed by atoms with Crippen LogP contribution in [0.2, 0.25) is 0 Å². The SMILES string of the molecule is C=CS(=O)(=O)N1CCC[C@H](Nc2ncc(C(F)(F)F)c(Nc3ccc(C)cc3NC(=O)C(=C)C3CCCC3)n2)C1. The maximum atomic E-state index is 13.9. The molecule has 1 atom stereocenters. The Hall–Kier alpha value is -3.45. The van der Waals surface area contributed by atoms with E-state index in [0.717, 1.165) is 36.7 Å². The van der Waals surface area contributed by atoms with Gasteiger partial charge < -0.3 is 16.0 Å². The van der Waals surface area contributed by atoms with Crippen molar-refractivity contribution in [2.75, 3.05) is 29.0 Å². The van der Waals surface area contributed by atoms with Crippen molar-refractivity contribution in [3.05, 3.63) is 59.7 Å². The van der Waals surface area contributed by atoms with Crippen molar-refractivity contribution in [3.63, 3.8) is 0 Å². The minimum Gasteiger partial charge on any atom is -0.350 e. The summed E-state index contributed by atoms with van der Waals surface area (Å²) in [6.45, 7) is 9.52. The van der Waals surface area contributed by atoms with Crippen LogP contribution in [0.1, 0.15) is 49.7 Å². The summed E-state index contributed by atoms with van der Waals surface area (Å²) in [5.74, 6) is -0.889. The zero-order valence-electron chi connectivity index (χ0n) is 22.2. The average molecular weight is 579 g/mol. The largest absolute Gasteiger partial charge is 0.421 e. The monoisotopic (exact) mass is 578 g/mol. The molecule has 1 aliphatic carbocycles. The predicted molar refractivity (Wildman–Crippen MR) is 149 cm³/mol. The molecule has 216 valence electrons. The number of alkyl halides is 3. The van der Waals surface area contributed by atoms with Crippen molar-refractivity contribution in [2.24, 2.45) is 5.92 Å². The van der Waals surface area contributed by atoms with Crippen LogP contribution in [-0.2, 0) is 21.0 Å². The van der Waals surface area contributed by atoms with Gasteiger partial charge in [0.25, 0.3) is 5.91 Å². The number of aryl methyl sites for hydroxylation is 1. The third-order valence-corrected chi connectivity index (χ3v) is 8.67. The lowest BCUT2D eigenvalue weighted by Crippen LogP contribution is -2.44. The summed E-state index contributed by atoms with van der Waals surface area (Å²) in [5, 5.41) is 9.36. The molecule has 2 aliphatic rings.